The van der Waals surface area contributed by atoms with E-state index in [-0.39, 0.29) is 6.09 Å². The number of carbonyl (C=O) groups excluding carboxylic acids is 1. The minimum Gasteiger partial charge on any atom is -0.444 e. The van der Waals surface area contributed by atoms with Gasteiger partial charge in [0.25, 0.3) is 0 Å². The Bertz CT molecular complexity index is 409. The first-order valence-electron chi connectivity index (χ1n) is 8.33. The molecule has 1 aliphatic heterocycles. The fraction of sp³-hybridized carbons (Fsp3) is 0.875. The highest BCUT2D eigenvalue weighted by atomic mass is 16.6. The van der Waals surface area contributed by atoms with Gasteiger partial charge in [-0.1, -0.05) is 0 Å². The molecule has 0 aromatic carbocycles. The van der Waals surface area contributed by atoms with E-state index in [0.717, 1.165) is 6.54 Å². The van der Waals surface area contributed by atoms with Crippen LogP contribution in [-0.4, -0.2) is 84.7 Å². The summed E-state index contributed by atoms with van der Waals surface area (Å²) < 4.78 is 5.39. The lowest BCUT2D eigenvalue weighted by Gasteiger charge is -2.36. The molecule has 1 aliphatic rings. The summed E-state index contributed by atoms with van der Waals surface area (Å²) in [6.07, 6.45) is -0.258. The number of hydrogen-bond acceptors (Lipinski definition) is 4. The van der Waals surface area contributed by atoms with Gasteiger partial charge in [0.15, 0.2) is 5.96 Å². The third-order valence-corrected chi connectivity index (χ3v) is 3.86. The van der Waals surface area contributed by atoms with Gasteiger partial charge in [-0.05, 0) is 41.7 Å². The predicted molar refractivity (Wildman–Crippen MR) is 93.6 cm³/mol. The highest BCUT2D eigenvalue weighted by Gasteiger charge is 2.26. The first-order chi connectivity index (χ1) is 10.6. The number of ether oxygens (including phenoxy) is 1. The smallest absolute Gasteiger partial charge is 0.410 e. The lowest BCUT2D eigenvalue weighted by molar-refractivity contribution is 0.0186. The molecule has 1 rings (SSSR count). The van der Waals surface area contributed by atoms with E-state index < -0.39 is 5.60 Å². The minimum absolute atomic E-state index is 0.258. The summed E-state index contributed by atoms with van der Waals surface area (Å²) in [7, 11) is 2.08. The van der Waals surface area contributed by atoms with Crippen LogP contribution in [0.5, 0.6) is 0 Å². The van der Waals surface area contributed by atoms with Crippen molar-refractivity contribution in [1.29, 1.82) is 0 Å². The van der Waals surface area contributed by atoms with Gasteiger partial charge in [0.2, 0.25) is 0 Å². The van der Waals surface area contributed by atoms with Crippen LogP contribution in [-0.2, 0) is 4.74 Å². The maximum Gasteiger partial charge on any atom is 0.410 e. The van der Waals surface area contributed by atoms with Gasteiger partial charge in [-0.3, -0.25) is 4.99 Å². The molecule has 0 unspecified atom stereocenters. The molecule has 0 aromatic heterocycles. The molecule has 7 heteroatoms. The van der Waals surface area contributed by atoms with Crippen molar-refractivity contribution in [2.45, 2.75) is 46.3 Å². The second-order valence-corrected chi connectivity index (χ2v) is 7.27. The Morgan fingerprint density at radius 1 is 1.22 bits per heavy atom. The molecule has 1 heterocycles. The van der Waals surface area contributed by atoms with Gasteiger partial charge < -0.3 is 25.2 Å². The lowest BCUT2D eigenvalue weighted by atomic mass is 10.2. The van der Waals surface area contributed by atoms with E-state index in [1.807, 2.05) is 25.7 Å². The van der Waals surface area contributed by atoms with Crippen molar-refractivity contribution in [3.8, 4) is 0 Å². The number of nitrogens with zero attached hydrogens (tertiary/aromatic N) is 4. The lowest BCUT2D eigenvalue weighted by Crippen LogP contribution is -2.53. The second kappa shape index (κ2) is 8.38. The number of rotatable bonds is 4. The van der Waals surface area contributed by atoms with E-state index in [9.17, 15) is 4.79 Å². The van der Waals surface area contributed by atoms with Crippen LogP contribution >= 0.6 is 0 Å². The highest BCUT2D eigenvalue weighted by Crippen LogP contribution is 2.11. The Hall–Kier alpha value is -1.50. The average Bonchev–Trinajstić information content (AvgIpc) is 2.45. The van der Waals surface area contributed by atoms with Crippen molar-refractivity contribution in [3.63, 3.8) is 0 Å². The van der Waals surface area contributed by atoms with E-state index in [1.165, 1.54) is 0 Å². The monoisotopic (exact) mass is 327 g/mol. The van der Waals surface area contributed by atoms with E-state index in [2.05, 4.69) is 30.8 Å². The van der Waals surface area contributed by atoms with Crippen LogP contribution in [0.15, 0.2) is 4.99 Å². The molecule has 0 atom stereocenters. The maximum atomic E-state index is 12.0. The van der Waals surface area contributed by atoms with E-state index >= 15 is 0 Å². The molecule has 0 saturated carbocycles. The Kier molecular flexibility index (Phi) is 7.12. The number of amides is 1. The largest absolute Gasteiger partial charge is 0.444 e. The van der Waals surface area contributed by atoms with Crippen LogP contribution in [0.3, 0.4) is 0 Å². The van der Waals surface area contributed by atoms with Gasteiger partial charge in [0.1, 0.15) is 5.60 Å². The van der Waals surface area contributed by atoms with Crippen LogP contribution in [0.4, 0.5) is 4.79 Å². The first kappa shape index (κ1) is 19.5. The summed E-state index contributed by atoms with van der Waals surface area (Å²) in [6.45, 7) is 14.1. The fourth-order valence-corrected chi connectivity index (χ4v) is 2.13. The van der Waals surface area contributed by atoms with Gasteiger partial charge >= 0.3 is 6.09 Å². The highest BCUT2D eigenvalue weighted by molar-refractivity contribution is 5.78. The summed E-state index contributed by atoms with van der Waals surface area (Å²) >= 11 is 0. The Labute approximate surface area is 140 Å². The molecule has 0 aliphatic carbocycles. The zero-order chi connectivity index (χ0) is 17.6. The predicted octanol–water partition coefficient (Wildman–Crippen LogP) is 1.19. The molecule has 0 radical (unpaired) electrons. The Morgan fingerprint density at radius 3 is 2.22 bits per heavy atom. The van der Waals surface area contributed by atoms with E-state index in [0.29, 0.717) is 44.7 Å². The van der Waals surface area contributed by atoms with Crippen LogP contribution in [0.2, 0.25) is 0 Å². The third-order valence-electron chi connectivity index (χ3n) is 3.86. The van der Waals surface area contributed by atoms with Crippen molar-refractivity contribution >= 4 is 12.1 Å². The minimum atomic E-state index is -0.461. The van der Waals surface area contributed by atoms with Crippen molar-refractivity contribution in [2.75, 3.05) is 46.3 Å². The molecule has 0 spiro atoms. The van der Waals surface area contributed by atoms with Crippen LogP contribution in [0.1, 0.15) is 34.6 Å². The van der Waals surface area contributed by atoms with Crippen molar-refractivity contribution < 1.29 is 9.53 Å². The van der Waals surface area contributed by atoms with Crippen LogP contribution in [0, 0.1) is 0 Å². The zero-order valence-electron chi connectivity index (χ0n) is 15.5. The van der Waals surface area contributed by atoms with Crippen LogP contribution in [0.25, 0.3) is 0 Å². The molecule has 23 heavy (non-hydrogen) atoms. The van der Waals surface area contributed by atoms with Gasteiger partial charge in [0, 0.05) is 38.8 Å². The molecule has 1 saturated heterocycles. The topological polar surface area (TPSA) is 74.4 Å². The molecule has 1 fully saturated rings. The van der Waals surface area contributed by atoms with E-state index in [4.69, 9.17) is 10.5 Å². The van der Waals surface area contributed by atoms with Crippen molar-refractivity contribution in [3.05, 3.63) is 0 Å². The normalized spacial score (nSPS) is 17.1. The molecular formula is C16H33N5O2. The summed E-state index contributed by atoms with van der Waals surface area (Å²) in [5.41, 5.74) is 5.60. The van der Waals surface area contributed by atoms with Gasteiger partial charge in [-0.25, -0.2) is 4.79 Å². The van der Waals surface area contributed by atoms with Gasteiger partial charge in [-0.2, -0.15) is 0 Å². The summed E-state index contributed by atoms with van der Waals surface area (Å²) in [5.74, 6) is 0.561. The van der Waals surface area contributed by atoms with Crippen LogP contribution < -0.4 is 5.73 Å². The first-order valence-corrected chi connectivity index (χ1v) is 8.33. The second-order valence-electron chi connectivity index (χ2n) is 7.27. The van der Waals surface area contributed by atoms with E-state index in [1.54, 1.807) is 4.90 Å². The molecule has 2 N–H and O–H groups in total. The third kappa shape index (κ3) is 7.07. The number of carbonyl (C=O) groups is 1. The van der Waals surface area contributed by atoms with Gasteiger partial charge in [-0.15, -0.1) is 0 Å². The standard InChI is InChI=1S/C16H33N5O2/c1-13(2)19(6)8-7-18-14(17)20-9-11-21(12-10-20)15(22)23-16(3,4)5/h13H,7-12H2,1-6H3,(H2,17,18). The zero-order valence-corrected chi connectivity index (χ0v) is 15.5. The number of aliphatic imine (C=N–C) groups is 1. The fourth-order valence-electron chi connectivity index (χ4n) is 2.13. The molecule has 134 valence electrons. The molecular weight excluding hydrogens is 294 g/mol. The van der Waals surface area contributed by atoms with Crippen molar-refractivity contribution in [1.82, 2.24) is 14.7 Å². The summed E-state index contributed by atoms with van der Waals surface area (Å²) in [6, 6.07) is 0.504. The molecule has 1 amide bonds. The summed E-state index contributed by atoms with van der Waals surface area (Å²) in [4.78, 5) is 22.4. The van der Waals surface area contributed by atoms with Crippen molar-refractivity contribution in [2.24, 2.45) is 10.7 Å². The Morgan fingerprint density at radius 2 is 1.74 bits per heavy atom. The van der Waals surface area contributed by atoms with Gasteiger partial charge in [0.05, 0.1) is 6.54 Å². The summed E-state index contributed by atoms with van der Waals surface area (Å²) in [5, 5.41) is 0. The molecule has 0 bridgehead atoms. The maximum absolute atomic E-state index is 12.0. The Balaban J connectivity index is 2.39. The number of piperazine rings is 1. The number of guanidine groups is 1. The number of nitrogens with two attached hydrogens (primary N) is 1. The number of hydrogen-bond donors (Lipinski definition) is 1. The SMILES string of the molecule is CC(C)N(C)CCN=C(N)N1CCN(C(=O)OC(C)(C)C)CC1. The molecule has 0 aromatic rings. The quantitative estimate of drug-likeness (QED) is 0.620. The molecule has 7 nitrogen and oxygen atoms in total. The average molecular weight is 327 g/mol. The number of likely N-dealkylation sites (N-methyl/N-ethyl adjacent to an activating group) is 1.